The first-order valence-electron chi connectivity index (χ1n) is 2.83. The highest BCUT2D eigenvalue weighted by Crippen LogP contribution is 2.23. The summed E-state index contributed by atoms with van der Waals surface area (Å²) in [6.45, 7) is 1.61. The zero-order valence-corrected chi connectivity index (χ0v) is 5.51. The minimum Gasteiger partial charge on any atom is -0.249 e. The second kappa shape index (κ2) is 2.39. The normalized spacial score (nSPS) is 12.2. The Kier molecular flexibility index (Phi) is 1.40. The first kappa shape index (κ1) is 5.29. The van der Waals surface area contributed by atoms with Crippen molar-refractivity contribution < 1.29 is 10.2 Å². The van der Waals surface area contributed by atoms with E-state index in [9.17, 15) is 8.78 Å². The lowest BCUT2D eigenvalue weighted by molar-refractivity contribution is 0.155. The van der Waals surface area contributed by atoms with Gasteiger partial charge in [0.15, 0.2) is 0 Å². The molecule has 0 saturated carbocycles. The van der Waals surface area contributed by atoms with Crippen LogP contribution in [-0.2, 0) is 0 Å². The molecule has 0 unspecified atom stereocenters. The predicted octanol–water partition coefficient (Wildman–Crippen LogP) is 2.39. The maximum Gasteiger partial charge on any atom is 0.274 e. The van der Waals surface area contributed by atoms with Crippen molar-refractivity contribution >= 4 is 11.3 Å². The first-order valence-corrected chi connectivity index (χ1v) is 3.15. The van der Waals surface area contributed by atoms with E-state index >= 15 is 0 Å². The van der Waals surface area contributed by atoms with Crippen LogP contribution in [0.2, 0.25) is 0 Å². The highest BCUT2D eigenvalue weighted by atomic mass is 32.1. The van der Waals surface area contributed by atoms with Gasteiger partial charge in [-0.15, -0.1) is 11.3 Å². The molecule has 0 radical (unpaired) electrons. The topological polar surface area (TPSA) is 12.9 Å². The van der Waals surface area contributed by atoms with E-state index < -0.39 is 6.43 Å². The fraction of sp³-hybridized carbons (Fsp3) is 0.400. The third kappa shape index (κ3) is 1.45. The third-order valence-electron chi connectivity index (χ3n) is 0.779. The molecule has 9 heavy (non-hydrogen) atoms. The Bertz CT molecular complexity index is 236. The van der Waals surface area contributed by atoms with Crippen molar-refractivity contribution in [2.24, 2.45) is 0 Å². The van der Waals surface area contributed by atoms with E-state index in [-0.39, 0.29) is 11.1 Å². The number of rotatable bonds is 1. The van der Waals surface area contributed by atoms with Gasteiger partial charge in [0.05, 0.1) is 11.3 Å². The molecule has 0 amide bonds. The maximum absolute atomic E-state index is 11.9. The molecule has 1 aromatic heterocycles. The van der Waals surface area contributed by atoms with Gasteiger partial charge in [-0.25, -0.2) is 13.8 Å². The number of hydrogen-bond acceptors (Lipinski definition) is 2. The molecule has 1 nitrogen and oxygen atoms in total. The van der Waals surface area contributed by atoms with Gasteiger partial charge >= 0.3 is 0 Å². The molecule has 1 aromatic rings. The zero-order chi connectivity index (χ0) is 7.72. The van der Waals surface area contributed by atoms with Gasteiger partial charge in [-0.3, -0.25) is 0 Å². The second-order valence-electron chi connectivity index (χ2n) is 1.51. The van der Waals surface area contributed by atoms with Gasteiger partial charge in [0.2, 0.25) is 0 Å². The molecule has 0 aliphatic rings. The Balaban J connectivity index is 3.03. The van der Waals surface area contributed by atoms with Crippen LogP contribution in [0.5, 0.6) is 0 Å². The third-order valence-corrected chi connectivity index (χ3v) is 1.66. The largest absolute Gasteiger partial charge is 0.274 e. The van der Waals surface area contributed by atoms with Crippen molar-refractivity contribution in [3.63, 3.8) is 0 Å². The Hall–Kier alpha value is -0.510. The minimum absolute atomic E-state index is 0.238. The van der Waals surface area contributed by atoms with Crippen molar-refractivity contribution in [1.82, 2.24) is 4.98 Å². The Morgan fingerprint density at radius 1 is 1.89 bits per heavy atom. The summed E-state index contributed by atoms with van der Waals surface area (Å²) in [5.41, 5.74) is 0. The fourth-order valence-electron chi connectivity index (χ4n) is 0.432. The van der Waals surface area contributed by atoms with Crippen LogP contribution in [0.25, 0.3) is 0 Å². The molecule has 4 heteroatoms. The van der Waals surface area contributed by atoms with Crippen LogP contribution in [-0.4, -0.2) is 4.98 Å². The SMILES string of the molecule is [2H]c1nc(C)sc1C(F)F. The molecular formula is C5H5F2NS. The quantitative estimate of drug-likeness (QED) is 0.599. The van der Waals surface area contributed by atoms with Crippen LogP contribution in [0.3, 0.4) is 0 Å². The van der Waals surface area contributed by atoms with E-state index in [0.717, 1.165) is 11.3 Å². The van der Waals surface area contributed by atoms with E-state index in [1.807, 2.05) is 0 Å². The lowest BCUT2D eigenvalue weighted by Gasteiger charge is -1.86. The summed E-state index contributed by atoms with van der Waals surface area (Å²) in [7, 11) is 0. The second-order valence-corrected chi connectivity index (χ2v) is 2.74. The average Bonchev–Trinajstić information content (AvgIpc) is 2.10. The summed E-state index contributed by atoms with van der Waals surface area (Å²) in [4.78, 5) is 3.30. The highest BCUT2D eigenvalue weighted by Gasteiger charge is 2.08. The van der Waals surface area contributed by atoms with Gasteiger partial charge in [0, 0.05) is 6.17 Å². The van der Waals surface area contributed by atoms with Crippen molar-refractivity contribution in [3.8, 4) is 0 Å². The van der Waals surface area contributed by atoms with Crippen LogP contribution >= 0.6 is 11.3 Å². The number of thiazole rings is 1. The fourth-order valence-corrected chi connectivity index (χ4v) is 1.02. The molecule has 0 atom stereocenters. The van der Waals surface area contributed by atoms with Gasteiger partial charge in [0.25, 0.3) is 6.43 Å². The molecule has 0 aliphatic heterocycles. The summed E-state index contributed by atoms with van der Waals surface area (Å²) < 4.78 is 30.7. The Morgan fingerprint density at radius 2 is 2.56 bits per heavy atom. The minimum atomic E-state index is -2.56. The van der Waals surface area contributed by atoms with Gasteiger partial charge < -0.3 is 0 Å². The number of halogens is 2. The molecule has 1 rings (SSSR count). The maximum atomic E-state index is 11.9. The smallest absolute Gasteiger partial charge is 0.249 e. The summed E-state index contributed by atoms with van der Waals surface area (Å²) in [5, 5.41) is 0.514. The molecule has 0 aliphatic carbocycles. The molecule has 1 heterocycles. The molecule has 50 valence electrons. The van der Waals surface area contributed by atoms with Gasteiger partial charge in [-0.05, 0) is 6.92 Å². The number of alkyl halides is 2. The lowest BCUT2D eigenvalue weighted by Crippen LogP contribution is -1.72. The summed E-state index contributed by atoms with van der Waals surface area (Å²) in [6, 6.07) is 0. The van der Waals surface area contributed by atoms with Gasteiger partial charge in [-0.1, -0.05) is 0 Å². The van der Waals surface area contributed by atoms with Crippen LogP contribution in [0.4, 0.5) is 8.78 Å². The molecule has 0 N–H and O–H groups in total. The van der Waals surface area contributed by atoms with Crippen molar-refractivity contribution in [2.75, 3.05) is 0 Å². The highest BCUT2D eigenvalue weighted by molar-refractivity contribution is 7.11. The summed E-state index contributed by atoms with van der Waals surface area (Å²) in [5.74, 6) is 0. The monoisotopic (exact) mass is 150 g/mol. The molecular weight excluding hydrogens is 144 g/mol. The number of aromatic nitrogens is 1. The van der Waals surface area contributed by atoms with Gasteiger partial charge in [-0.2, -0.15) is 0 Å². The first-order chi connectivity index (χ1) is 4.61. The van der Waals surface area contributed by atoms with Crippen LogP contribution < -0.4 is 0 Å². The van der Waals surface area contributed by atoms with E-state index in [1.165, 1.54) is 0 Å². The summed E-state index contributed by atoms with van der Waals surface area (Å²) >= 11 is 0.874. The van der Waals surface area contributed by atoms with Crippen LogP contribution in [0, 0.1) is 6.92 Å². The average molecular weight is 150 g/mol. The van der Waals surface area contributed by atoms with E-state index in [4.69, 9.17) is 1.37 Å². The van der Waals surface area contributed by atoms with E-state index in [1.54, 1.807) is 6.92 Å². The van der Waals surface area contributed by atoms with Crippen molar-refractivity contribution in [2.45, 2.75) is 13.3 Å². The predicted molar refractivity (Wildman–Crippen MR) is 31.8 cm³/mol. The molecule has 0 spiro atoms. The Labute approximate surface area is 56.8 Å². The molecule has 0 aromatic carbocycles. The van der Waals surface area contributed by atoms with E-state index in [2.05, 4.69) is 4.98 Å². The lowest BCUT2D eigenvalue weighted by atomic mass is 10.6. The van der Waals surface area contributed by atoms with Crippen LogP contribution in [0.1, 0.15) is 17.7 Å². The number of nitrogens with zero attached hydrogens (tertiary/aromatic N) is 1. The number of hydrogen-bond donors (Lipinski definition) is 0. The van der Waals surface area contributed by atoms with Gasteiger partial charge in [0.1, 0.15) is 0 Å². The molecule has 0 fully saturated rings. The zero-order valence-electron chi connectivity index (χ0n) is 5.69. The van der Waals surface area contributed by atoms with Crippen molar-refractivity contribution in [1.29, 1.82) is 0 Å². The molecule has 0 bridgehead atoms. The standard InChI is InChI=1S/C5H5F2NS/c1-3-8-2-4(9-3)5(6)7/h2,5H,1H3/i2D. The van der Waals surface area contributed by atoms with Crippen molar-refractivity contribution in [3.05, 3.63) is 16.1 Å². The van der Waals surface area contributed by atoms with E-state index in [0.29, 0.717) is 5.01 Å². The Morgan fingerprint density at radius 3 is 2.78 bits per heavy atom. The summed E-state index contributed by atoms with van der Waals surface area (Å²) in [6.07, 6.45) is -2.85. The number of aryl methyl sites for hydroxylation is 1. The molecule has 0 saturated heterocycles. The van der Waals surface area contributed by atoms with Crippen LogP contribution in [0.15, 0.2) is 6.17 Å².